The third-order valence-electron chi connectivity index (χ3n) is 3.21. The topological polar surface area (TPSA) is 88.4 Å². The molecule has 1 aromatic carbocycles. The van der Waals surface area contributed by atoms with E-state index in [1.807, 2.05) is 6.07 Å². The van der Waals surface area contributed by atoms with Crippen molar-refractivity contribution in [3.05, 3.63) is 29.8 Å². The summed E-state index contributed by atoms with van der Waals surface area (Å²) >= 11 is 0. The van der Waals surface area contributed by atoms with Crippen LogP contribution in [-0.2, 0) is 14.3 Å². The summed E-state index contributed by atoms with van der Waals surface area (Å²) in [5.41, 5.74) is 0.507. The number of ether oxygens (including phenoxy) is 2. The van der Waals surface area contributed by atoms with Gasteiger partial charge in [-0.05, 0) is 51.0 Å². The molecule has 0 heterocycles. The highest BCUT2D eigenvalue weighted by molar-refractivity contribution is 5.84. The van der Waals surface area contributed by atoms with Gasteiger partial charge in [-0.25, -0.2) is 4.79 Å². The van der Waals surface area contributed by atoms with Crippen molar-refractivity contribution in [1.29, 1.82) is 5.26 Å². The summed E-state index contributed by atoms with van der Waals surface area (Å²) in [5.74, 6) is -0.442. The molecule has 116 valence electrons. The number of nitrogens with zero attached hydrogens (tertiary/aromatic N) is 1. The van der Waals surface area contributed by atoms with Crippen molar-refractivity contribution in [3.8, 4) is 11.8 Å². The van der Waals surface area contributed by atoms with Gasteiger partial charge in [-0.3, -0.25) is 4.79 Å². The minimum Gasteiger partial charge on any atom is -0.479 e. The van der Waals surface area contributed by atoms with Crippen molar-refractivity contribution >= 4 is 11.9 Å². The van der Waals surface area contributed by atoms with E-state index in [0.717, 1.165) is 12.8 Å². The lowest BCUT2D eigenvalue weighted by molar-refractivity contribution is -0.160. The fourth-order valence-electron chi connectivity index (χ4n) is 1.73. The lowest BCUT2D eigenvalue weighted by Gasteiger charge is -2.17. The third kappa shape index (κ3) is 4.48. The zero-order chi connectivity index (χ0) is 16.1. The van der Waals surface area contributed by atoms with E-state index in [1.54, 1.807) is 31.2 Å². The van der Waals surface area contributed by atoms with E-state index in [9.17, 15) is 9.59 Å². The first-order chi connectivity index (χ1) is 10.5. The normalized spacial score (nSPS) is 16.0. The predicted molar refractivity (Wildman–Crippen MR) is 78.0 cm³/mol. The summed E-state index contributed by atoms with van der Waals surface area (Å²) in [4.78, 5) is 23.6. The number of benzene rings is 1. The van der Waals surface area contributed by atoms with E-state index in [0.29, 0.717) is 11.3 Å². The fraction of sp³-hybridized carbons (Fsp3) is 0.438. The molecule has 6 nitrogen and oxygen atoms in total. The maximum Gasteiger partial charge on any atom is 0.347 e. The molecule has 1 N–H and O–H groups in total. The molecule has 0 saturated heterocycles. The largest absolute Gasteiger partial charge is 0.479 e. The van der Waals surface area contributed by atoms with E-state index in [4.69, 9.17) is 14.7 Å². The molecular formula is C16H18N2O4. The van der Waals surface area contributed by atoms with Crippen LogP contribution in [0.25, 0.3) is 0 Å². The zero-order valence-electron chi connectivity index (χ0n) is 12.5. The molecule has 2 rings (SSSR count). The maximum atomic E-state index is 11.9. The molecular weight excluding hydrogens is 284 g/mol. The van der Waals surface area contributed by atoms with Gasteiger partial charge in [-0.1, -0.05) is 0 Å². The summed E-state index contributed by atoms with van der Waals surface area (Å²) < 4.78 is 10.5. The first-order valence-electron chi connectivity index (χ1n) is 7.17. The van der Waals surface area contributed by atoms with Crippen molar-refractivity contribution < 1.29 is 19.1 Å². The number of nitriles is 1. The Morgan fingerprint density at radius 3 is 2.41 bits per heavy atom. The summed E-state index contributed by atoms with van der Waals surface area (Å²) in [6.45, 7) is 3.08. The van der Waals surface area contributed by atoms with Crippen molar-refractivity contribution in [2.24, 2.45) is 0 Å². The molecule has 6 heteroatoms. The van der Waals surface area contributed by atoms with Crippen LogP contribution in [0.5, 0.6) is 5.75 Å². The highest BCUT2D eigenvalue weighted by Crippen LogP contribution is 2.19. The molecule has 0 bridgehead atoms. The Hall–Kier alpha value is -2.55. The van der Waals surface area contributed by atoms with Gasteiger partial charge in [0.2, 0.25) is 0 Å². The highest BCUT2D eigenvalue weighted by Gasteiger charge is 2.28. The van der Waals surface area contributed by atoms with Crippen LogP contribution in [0.3, 0.4) is 0 Å². The van der Waals surface area contributed by atoms with Crippen LogP contribution in [0.15, 0.2) is 24.3 Å². The molecule has 1 aliphatic carbocycles. The molecule has 1 amide bonds. The Labute approximate surface area is 129 Å². The summed E-state index contributed by atoms with van der Waals surface area (Å²) in [6, 6.07) is 8.62. The number of carbonyl (C=O) groups is 2. The average Bonchev–Trinajstić information content (AvgIpc) is 3.31. The first-order valence-corrected chi connectivity index (χ1v) is 7.17. The van der Waals surface area contributed by atoms with Crippen LogP contribution in [0.2, 0.25) is 0 Å². The molecule has 1 aromatic rings. The monoisotopic (exact) mass is 302 g/mol. The van der Waals surface area contributed by atoms with Crippen molar-refractivity contribution in [2.45, 2.75) is 44.9 Å². The fourth-order valence-corrected chi connectivity index (χ4v) is 1.73. The molecule has 22 heavy (non-hydrogen) atoms. The molecule has 1 saturated carbocycles. The van der Waals surface area contributed by atoms with Gasteiger partial charge in [0.15, 0.2) is 12.2 Å². The molecule has 0 radical (unpaired) electrons. The van der Waals surface area contributed by atoms with Gasteiger partial charge in [0.25, 0.3) is 5.91 Å². The second-order valence-corrected chi connectivity index (χ2v) is 5.26. The van der Waals surface area contributed by atoms with E-state index in [1.165, 1.54) is 6.92 Å². The Morgan fingerprint density at radius 1 is 1.23 bits per heavy atom. The summed E-state index contributed by atoms with van der Waals surface area (Å²) in [5, 5.41) is 11.5. The van der Waals surface area contributed by atoms with Gasteiger partial charge in [0, 0.05) is 6.04 Å². The van der Waals surface area contributed by atoms with E-state index < -0.39 is 18.2 Å². The highest BCUT2D eigenvalue weighted by atomic mass is 16.6. The molecule has 1 fully saturated rings. The van der Waals surface area contributed by atoms with Gasteiger partial charge in [0.1, 0.15) is 5.75 Å². The van der Waals surface area contributed by atoms with Crippen molar-refractivity contribution in [1.82, 2.24) is 5.32 Å². The van der Waals surface area contributed by atoms with Crippen LogP contribution < -0.4 is 10.1 Å². The van der Waals surface area contributed by atoms with Gasteiger partial charge in [-0.15, -0.1) is 0 Å². The SMILES string of the molecule is C[C@H](Oc1ccc(C#N)cc1)C(=O)O[C@H](C)C(=O)NC1CC1. The number of carbonyl (C=O) groups excluding carboxylic acids is 2. The van der Waals surface area contributed by atoms with Crippen LogP contribution in [0.4, 0.5) is 0 Å². The Morgan fingerprint density at radius 2 is 1.86 bits per heavy atom. The Kier molecular flexibility index (Phi) is 4.99. The number of hydrogen-bond acceptors (Lipinski definition) is 5. The molecule has 2 atom stereocenters. The standard InChI is InChI=1S/C16H18N2O4/c1-10(15(19)18-13-5-6-13)22-16(20)11(2)21-14-7-3-12(9-17)4-8-14/h3-4,7-8,10-11,13H,5-6H2,1-2H3,(H,18,19)/t10-,11+/m1/s1. The lowest BCUT2D eigenvalue weighted by atomic mass is 10.2. The lowest BCUT2D eigenvalue weighted by Crippen LogP contribution is -2.39. The Balaban J connectivity index is 1.82. The van der Waals surface area contributed by atoms with Gasteiger partial charge in [-0.2, -0.15) is 5.26 Å². The smallest absolute Gasteiger partial charge is 0.347 e. The first kappa shape index (κ1) is 15.8. The molecule has 0 aliphatic heterocycles. The number of nitrogens with one attached hydrogen (secondary N) is 1. The van der Waals surface area contributed by atoms with Crippen LogP contribution in [0, 0.1) is 11.3 Å². The Bertz CT molecular complexity index is 587. The molecule has 1 aliphatic rings. The van der Waals surface area contributed by atoms with Gasteiger partial charge < -0.3 is 14.8 Å². The predicted octanol–water partition coefficient (Wildman–Crippen LogP) is 1.54. The van der Waals surface area contributed by atoms with Crippen LogP contribution in [0.1, 0.15) is 32.3 Å². The minimum absolute atomic E-state index is 0.223. The van der Waals surface area contributed by atoms with Crippen LogP contribution >= 0.6 is 0 Å². The maximum absolute atomic E-state index is 11.9. The average molecular weight is 302 g/mol. The summed E-state index contributed by atoms with van der Waals surface area (Å²) in [7, 11) is 0. The molecule has 0 aromatic heterocycles. The number of hydrogen-bond donors (Lipinski definition) is 1. The van der Waals surface area contributed by atoms with Crippen LogP contribution in [-0.4, -0.2) is 30.1 Å². The third-order valence-corrected chi connectivity index (χ3v) is 3.21. The minimum atomic E-state index is -0.847. The molecule has 0 unspecified atom stereocenters. The van der Waals surface area contributed by atoms with Crippen molar-refractivity contribution in [3.63, 3.8) is 0 Å². The van der Waals surface area contributed by atoms with Gasteiger partial charge in [0.05, 0.1) is 11.6 Å². The van der Waals surface area contributed by atoms with E-state index in [2.05, 4.69) is 5.32 Å². The number of esters is 1. The summed E-state index contributed by atoms with van der Waals surface area (Å²) in [6.07, 6.45) is 0.263. The zero-order valence-corrected chi connectivity index (χ0v) is 12.5. The number of amides is 1. The second-order valence-electron chi connectivity index (χ2n) is 5.26. The van der Waals surface area contributed by atoms with E-state index >= 15 is 0 Å². The number of rotatable bonds is 6. The quantitative estimate of drug-likeness (QED) is 0.805. The van der Waals surface area contributed by atoms with Gasteiger partial charge >= 0.3 is 5.97 Å². The second kappa shape index (κ2) is 6.94. The van der Waals surface area contributed by atoms with E-state index in [-0.39, 0.29) is 11.9 Å². The van der Waals surface area contributed by atoms with Crippen molar-refractivity contribution in [2.75, 3.05) is 0 Å². The molecule has 0 spiro atoms.